The molecule has 0 N–H and O–H groups in total. The molecule has 0 aliphatic rings. The van der Waals surface area contributed by atoms with E-state index in [2.05, 4.69) is 40.4 Å². The third-order valence-corrected chi connectivity index (χ3v) is 3.77. The van der Waals surface area contributed by atoms with E-state index in [1.807, 2.05) is 12.3 Å². The summed E-state index contributed by atoms with van der Waals surface area (Å²) in [5, 5.41) is 2.10. The van der Waals surface area contributed by atoms with Gasteiger partial charge in [0, 0.05) is 23.5 Å². The second-order valence-corrected chi connectivity index (χ2v) is 5.05. The number of hydrogen-bond acceptors (Lipinski definition) is 3. The van der Waals surface area contributed by atoms with Crippen LogP contribution < -0.4 is 4.90 Å². The summed E-state index contributed by atoms with van der Waals surface area (Å²) in [6.45, 7) is 3.99. The molecule has 0 spiro atoms. The average molecular weight is 267 g/mol. The van der Waals surface area contributed by atoms with Crippen LogP contribution in [0.4, 0.5) is 5.82 Å². The lowest BCUT2D eigenvalue weighted by atomic mass is 10.3. The van der Waals surface area contributed by atoms with Crippen LogP contribution in [0.15, 0.2) is 35.8 Å². The second-order valence-electron chi connectivity index (χ2n) is 3.75. The van der Waals surface area contributed by atoms with E-state index in [-0.39, 0.29) is 0 Å². The van der Waals surface area contributed by atoms with Crippen LogP contribution >= 0.6 is 22.9 Å². The monoisotopic (exact) mass is 266 g/mol. The van der Waals surface area contributed by atoms with Gasteiger partial charge in [-0.3, -0.25) is 0 Å². The highest BCUT2D eigenvalue weighted by atomic mass is 35.5. The number of aromatic nitrogens is 1. The topological polar surface area (TPSA) is 16.1 Å². The number of pyridine rings is 1. The van der Waals surface area contributed by atoms with E-state index in [0.29, 0.717) is 5.88 Å². The lowest BCUT2D eigenvalue weighted by Gasteiger charge is -2.21. The molecule has 0 bridgehead atoms. The molecule has 0 atom stereocenters. The van der Waals surface area contributed by atoms with Gasteiger partial charge in [-0.05, 0) is 36.1 Å². The van der Waals surface area contributed by atoms with Crippen LogP contribution in [-0.2, 0) is 12.4 Å². The Labute approximate surface area is 111 Å². The van der Waals surface area contributed by atoms with Gasteiger partial charge in [-0.2, -0.15) is 0 Å². The minimum absolute atomic E-state index is 0.534. The average Bonchev–Trinajstić information content (AvgIpc) is 2.89. The lowest BCUT2D eigenvalue weighted by Crippen LogP contribution is -2.22. The zero-order valence-electron chi connectivity index (χ0n) is 9.77. The van der Waals surface area contributed by atoms with E-state index in [1.54, 1.807) is 11.3 Å². The van der Waals surface area contributed by atoms with E-state index in [1.165, 1.54) is 4.88 Å². The predicted molar refractivity (Wildman–Crippen MR) is 74.8 cm³/mol. The van der Waals surface area contributed by atoms with Gasteiger partial charge in [0.1, 0.15) is 5.82 Å². The Balaban J connectivity index is 2.16. The summed E-state index contributed by atoms with van der Waals surface area (Å²) < 4.78 is 0. The molecule has 0 amide bonds. The van der Waals surface area contributed by atoms with Crippen molar-refractivity contribution < 1.29 is 0 Å². The van der Waals surface area contributed by atoms with Crippen LogP contribution in [-0.4, -0.2) is 11.5 Å². The first-order valence-electron chi connectivity index (χ1n) is 5.61. The molecule has 90 valence electrons. The summed E-state index contributed by atoms with van der Waals surface area (Å²) in [7, 11) is 0. The molecule has 0 saturated heterocycles. The van der Waals surface area contributed by atoms with Gasteiger partial charge in [0.15, 0.2) is 0 Å². The van der Waals surface area contributed by atoms with E-state index < -0.39 is 0 Å². The van der Waals surface area contributed by atoms with Gasteiger partial charge in [-0.15, -0.1) is 22.9 Å². The van der Waals surface area contributed by atoms with Crippen LogP contribution in [0.2, 0.25) is 0 Å². The predicted octanol–water partition coefficient (Wildman–Crippen LogP) is 3.91. The summed E-state index contributed by atoms with van der Waals surface area (Å²) >= 11 is 7.62. The van der Waals surface area contributed by atoms with Crippen LogP contribution in [0.25, 0.3) is 0 Å². The van der Waals surface area contributed by atoms with Gasteiger partial charge < -0.3 is 4.90 Å². The molecule has 0 aliphatic heterocycles. The van der Waals surface area contributed by atoms with Crippen molar-refractivity contribution in [1.82, 2.24) is 4.98 Å². The Morgan fingerprint density at radius 3 is 2.94 bits per heavy atom. The normalized spacial score (nSPS) is 10.5. The first-order chi connectivity index (χ1) is 8.33. The molecule has 17 heavy (non-hydrogen) atoms. The molecule has 2 nitrogen and oxygen atoms in total. The van der Waals surface area contributed by atoms with Crippen molar-refractivity contribution in [3.05, 3.63) is 46.3 Å². The zero-order chi connectivity index (χ0) is 12.1. The van der Waals surface area contributed by atoms with Crippen molar-refractivity contribution in [3.63, 3.8) is 0 Å². The first-order valence-corrected chi connectivity index (χ1v) is 7.03. The van der Waals surface area contributed by atoms with E-state index in [4.69, 9.17) is 11.6 Å². The number of nitrogens with zero attached hydrogens (tertiary/aromatic N) is 2. The standard InChI is InChI=1S/C13H15ClN2S/c1-2-16(10-12-4-3-7-17-12)13-8-11(9-14)5-6-15-13/h3-8H,2,9-10H2,1H3. The molecule has 2 aromatic rings. The van der Waals surface area contributed by atoms with Crippen LogP contribution in [0.5, 0.6) is 0 Å². The van der Waals surface area contributed by atoms with E-state index >= 15 is 0 Å². The van der Waals surface area contributed by atoms with Crippen molar-refractivity contribution in [2.24, 2.45) is 0 Å². The van der Waals surface area contributed by atoms with Crippen molar-refractivity contribution in [3.8, 4) is 0 Å². The van der Waals surface area contributed by atoms with Crippen LogP contribution in [0, 0.1) is 0 Å². The SMILES string of the molecule is CCN(Cc1cccs1)c1cc(CCl)ccn1. The summed E-state index contributed by atoms with van der Waals surface area (Å²) in [6.07, 6.45) is 1.82. The van der Waals surface area contributed by atoms with Crippen LogP contribution in [0.3, 0.4) is 0 Å². The Bertz CT molecular complexity index is 456. The van der Waals surface area contributed by atoms with Gasteiger partial charge in [-0.25, -0.2) is 4.98 Å². The Morgan fingerprint density at radius 1 is 1.41 bits per heavy atom. The largest absolute Gasteiger partial charge is 0.352 e. The quantitative estimate of drug-likeness (QED) is 0.763. The molecule has 0 saturated carbocycles. The van der Waals surface area contributed by atoms with E-state index in [9.17, 15) is 0 Å². The molecule has 0 aliphatic carbocycles. The molecule has 0 unspecified atom stereocenters. The van der Waals surface area contributed by atoms with Crippen molar-refractivity contribution in [1.29, 1.82) is 0 Å². The van der Waals surface area contributed by atoms with Gasteiger partial charge in [0.2, 0.25) is 0 Å². The van der Waals surface area contributed by atoms with Gasteiger partial charge in [-0.1, -0.05) is 6.07 Å². The third-order valence-electron chi connectivity index (χ3n) is 2.60. The Hall–Kier alpha value is -1.06. The summed E-state index contributed by atoms with van der Waals surface area (Å²) in [5.74, 6) is 1.53. The number of alkyl halides is 1. The number of rotatable bonds is 5. The molecule has 2 aromatic heterocycles. The fourth-order valence-corrected chi connectivity index (χ4v) is 2.55. The highest BCUT2D eigenvalue weighted by Crippen LogP contribution is 2.18. The third kappa shape index (κ3) is 3.20. The number of thiophene rings is 1. The molecule has 0 fully saturated rings. The summed E-state index contributed by atoms with van der Waals surface area (Å²) in [6, 6.07) is 8.24. The van der Waals surface area contributed by atoms with Gasteiger partial charge >= 0.3 is 0 Å². The van der Waals surface area contributed by atoms with Crippen molar-refractivity contribution in [2.45, 2.75) is 19.3 Å². The smallest absolute Gasteiger partial charge is 0.129 e. The van der Waals surface area contributed by atoms with E-state index in [0.717, 1.165) is 24.5 Å². The molecular formula is C13H15ClN2S. The maximum atomic E-state index is 5.85. The molecule has 0 radical (unpaired) electrons. The minimum Gasteiger partial charge on any atom is -0.352 e. The number of hydrogen-bond donors (Lipinski definition) is 0. The highest BCUT2D eigenvalue weighted by Gasteiger charge is 2.07. The summed E-state index contributed by atoms with van der Waals surface area (Å²) in [5.41, 5.74) is 1.11. The summed E-state index contributed by atoms with van der Waals surface area (Å²) in [4.78, 5) is 8.01. The van der Waals surface area contributed by atoms with Crippen LogP contribution in [0.1, 0.15) is 17.4 Å². The second kappa shape index (κ2) is 6.03. The number of anilines is 1. The molecule has 2 rings (SSSR count). The Kier molecular flexibility index (Phi) is 4.40. The fraction of sp³-hybridized carbons (Fsp3) is 0.308. The van der Waals surface area contributed by atoms with Crippen molar-refractivity contribution >= 4 is 28.8 Å². The molecule has 0 aromatic carbocycles. The minimum atomic E-state index is 0.534. The van der Waals surface area contributed by atoms with Crippen molar-refractivity contribution in [2.75, 3.05) is 11.4 Å². The molecule has 4 heteroatoms. The first kappa shape index (κ1) is 12.4. The fourth-order valence-electron chi connectivity index (χ4n) is 1.66. The number of halogens is 1. The molecular weight excluding hydrogens is 252 g/mol. The van der Waals surface area contributed by atoms with Gasteiger partial charge in [0.25, 0.3) is 0 Å². The maximum absolute atomic E-state index is 5.85. The Morgan fingerprint density at radius 2 is 2.29 bits per heavy atom. The van der Waals surface area contributed by atoms with Gasteiger partial charge in [0.05, 0.1) is 6.54 Å². The highest BCUT2D eigenvalue weighted by molar-refractivity contribution is 7.09. The zero-order valence-corrected chi connectivity index (χ0v) is 11.3. The molecule has 2 heterocycles. The lowest BCUT2D eigenvalue weighted by molar-refractivity contribution is 0.822. The maximum Gasteiger partial charge on any atom is 0.129 e.